The summed E-state index contributed by atoms with van der Waals surface area (Å²) in [6, 6.07) is 1.82. The van der Waals surface area contributed by atoms with Crippen molar-refractivity contribution in [1.82, 2.24) is 24.5 Å². The minimum absolute atomic E-state index is 0.0221. The summed E-state index contributed by atoms with van der Waals surface area (Å²) >= 11 is 0. The fourth-order valence-corrected chi connectivity index (χ4v) is 4.23. The molecule has 0 spiro atoms. The van der Waals surface area contributed by atoms with Gasteiger partial charge in [-0.15, -0.1) is 0 Å². The van der Waals surface area contributed by atoms with Crippen LogP contribution >= 0.6 is 0 Å². The first kappa shape index (κ1) is 17.8. The average Bonchev–Trinajstić information content (AvgIpc) is 2.87. The molecule has 25 heavy (non-hydrogen) atoms. The number of hydrogen-bond donors (Lipinski definition) is 1. The molecule has 0 atom stereocenters. The van der Waals surface area contributed by atoms with Gasteiger partial charge in [-0.25, -0.2) is 23.1 Å². The van der Waals surface area contributed by atoms with Crippen molar-refractivity contribution in [3.63, 3.8) is 0 Å². The molecule has 0 aliphatic carbocycles. The van der Waals surface area contributed by atoms with Gasteiger partial charge in [-0.1, -0.05) is 0 Å². The first-order chi connectivity index (χ1) is 11.9. The molecule has 1 aliphatic rings. The number of morpholine rings is 1. The molecule has 1 saturated heterocycles. The Morgan fingerprint density at radius 1 is 1.28 bits per heavy atom. The Morgan fingerprint density at radius 3 is 2.64 bits per heavy atom. The molecule has 0 bridgehead atoms. The van der Waals surface area contributed by atoms with Crippen LogP contribution in [0.25, 0.3) is 0 Å². The van der Waals surface area contributed by atoms with Gasteiger partial charge in [0, 0.05) is 26.3 Å². The lowest BCUT2D eigenvalue weighted by molar-refractivity contribution is 0.122. The van der Waals surface area contributed by atoms with Crippen LogP contribution in [0.4, 0.5) is 5.82 Å². The number of aryl methyl sites for hydroxylation is 2. The highest BCUT2D eigenvalue weighted by molar-refractivity contribution is 7.89. The Labute approximate surface area is 147 Å². The zero-order chi connectivity index (χ0) is 18.0. The molecule has 1 N–H and O–H groups in total. The molecule has 0 aromatic carbocycles. The van der Waals surface area contributed by atoms with Crippen LogP contribution in [-0.4, -0.2) is 54.5 Å². The van der Waals surface area contributed by atoms with Crippen molar-refractivity contribution in [3.8, 4) is 0 Å². The van der Waals surface area contributed by atoms with Gasteiger partial charge < -0.3 is 9.64 Å². The fraction of sp³-hybridized carbons (Fsp3) is 0.533. The minimum atomic E-state index is -3.68. The Kier molecular flexibility index (Phi) is 5.02. The molecule has 3 heterocycles. The van der Waals surface area contributed by atoms with Crippen LogP contribution in [0.5, 0.6) is 0 Å². The van der Waals surface area contributed by atoms with Crippen molar-refractivity contribution in [1.29, 1.82) is 0 Å². The highest BCUT2D eigenvalue weighted by Crippen LogP contribution is 2.18. The molecule has 1 aliphatic heterocycles. The molecule has 1 fully saturated rings. The van der Waals surface area contributed by atoms with E-state index in [1.165, 1.54) is 0 Å². The molecule has 0 saturated carbocycles. The second-order valence-corrected chi connectivity index (χ2v) is 7.58. The second-order valence-electron chi connectivity index (χ2n) is 5.88. The zero-order valence-electron chi connectivity index (χ0n) is 14.6. The quantitative estimate of drug-likeness (QED) is 0.803. The maximum Gasteiger partial charge on any atom is 0.244 e. The van der Waals surface area contributed by atoms with Crippen molar-refractivity contribution in [3.05, 3.63) is 29.5 Å². The molecule has 3 rings (SSSR count). The number of ether oxygens (including phenoxy) is 1. The van der Waals surface area contributed by atoms with E-state index in [1.807, 2.05) is 6.07 Å². The molecule has 10 heteroatoms. The highest BCUT2D eigenvalue weighted by atomic mass is 32.2. The third-order valence-corrected chi connectivity index (χ3v) is 5.81. The first-order valence-corrected chi connectivity index (χ1v) is 9.51. The van der Waals surface area contributed by atoms with Crippen LogP contribution in [0, 0.1) is 13.8 Å². The summed E-state index contributed by atoms with van der Waals surface area (Å²) in [6.07, 6.45) is 1.64. The largest absolute Gasteiger partial charge is 0.378 e. The number of anilines is 1. The van der Waals surface area contributed by atoms with Crippen LogP contribution in [0.15, 0.2) is 17.2 Å². The van der Waals surface area contributed by atoms with Crippen molar-refractivity contribution in [2.75, 3.05) is 31.2 Å². The Hall–Kier alpha value is -2.04. The monoisotopic (exact) mass is 366 g/mol. The van der Waals surface area contributed by atoms with Crippen LogP contribution in [0.1, 0.15) is 17.2 Å². The highest BCUT2D eigenvalue weighted by Gasteiger charge is 2.24. The number of hydrogen-bond acceptors (Lipinski definition) is 7. The lowest BCUT2D eigenvalue weighted by atomic mass is 10.4. The van der Waals surface area contributed by atoms with E-state index in [0.29, 0.717) is 30.4 Å². The van der Waals surface area contributed by atoms with E-state index in [9.17, 15) is 8.42 Å². The van der Waals surface area contributed by atoms with Gasteiger partial charge in [0.2, 0.25) is 10.0 Å². The lowest BCUT2D eigenvalue weighted by Gasteiger charge is -2.27. The summed E-state index contributed by atoms with van der Waals surface area (Å²) in [7, 11) is -1.97. The molecule has 136 valence electrons. The molecular formula is C15H22N6O3S. The van der Waals surface area contributed by atoms with E-state index < -0.39 is 10.0 Å². The summed E-state index contributed by atoms with van der Waals surface area (Å²) in [5.41, 5.74) is 1.06. The maximum absolute atomic E-state index is 12.6. The standard InChI is InChI=1S/C15H22N6O3S/c1-11-15(12(2)20(3)19-11)25(22,23)17-10-13-16-5-4-14(18-13)21-6-8-24-9-7-21/h4-5,17H,6-10H2,1-3H3. The first-order valence-electron chi connectivity index (χ1n) is 8.03. The molecule has 2 aromatic rings. The van der Waals surface area contributed by atoms with E-state index in [4.69, 9.17) is 4.74 Å². The van der Waals surface area contributed by atoms with E-state index in [1.54, 1.807) is 31.8 Å². The lowest BCUT2D eigenvalue weighted by Crippen LogP contribution is -2.37. The van der Waals surface area contributed by atoms with Crippen molar-refractivity contribution in [2.24, 2.45) is 7.05 Å². The number of rotatable bonds is 5. The smallest absolute Gasteiger partial charge is 0.244 e. The molecule has 0 unspecified atom stereocenters. The number of sulfonamides is 1. The summed E-state index contributed by atoms with van der Waals surface area (Å²) in [5.74, 6) is 1.20. The van der Waals surface area contributed by atoms with E-state index in [2.05, 4.69) is 24.7 Å². The Bertz CT molecular complexity index is 858. The predicted octanol–water partition coefficient (Wildman–Crippen LogP) is 0.142. The van der Waals surface area contributed by atoms with Gasteiger partial charge in [0.1, 0.15) is 16.5 Å². The predicted molar refractivity (Wildman–Crippen MR) is 91.8 cm³/mol. The maximum atomic E-state index is 12.6. The van der Waals surface area contributed by atoms with E-state index in [-0.39, 0.29) is 11.4 Å². The SMILES string of the molecule is Cc1nn(C)c(C)c1S(=O)(=O)NCc1nccc(N2CCOCC2)n1. The number of nitrogens with one attached hydrogen (secondary N) is 1. The van der Waals surface area contributed by atoms with E-state index in [0.717, 1.165) is 18.9 Å². The van der Waals surface area contributed by atoms with Crippen molar-refractivity contribution < 1.29 is 13.2 Å². The van der Waals surface area contributed by atoms with Gasteiger partial charge in [0.25, 0.3) is 0 Å². The molecule has 0 radical (unpaired) electrons. The van der Waals surface area contributed by atoms with Crippen LogP contribution in [0.3, 0.4) is 0 Å². The number of aromatic nitrogens is 4. The molecule has 2 aromatic heterocycles. The van der Waals surface area contributed by atoms with Gasteiger partial charge in [0.15, 0.2) is 0 Å². The topological polar surface area (TPSA) is 102 Å². The zero-order valence-corrected chi connectivity index (χ0v) is 15.4. The van der Waals surface area contributed by atoms with Crippen molar-refractivity contribution in [2.45, 2.75) is 25.3 Å². The second kappa shape index (κ2) is 7.06. The van der Waals surface area contributed by atoms with Gasteiger partial charge >= 0.3 is 0 Å². The average molecular weight is 366 g/mol. The van der Waals surface area contributed by atoms with Crippen molar-refractivity contribution >= 4 is 15.8 Å². The van der Waals surface area contributed by atoms with E-state index >= 15 is 0 Å². The van der Waals surface area contributed by atoms with Gasteiger partial charge in [-0.3, -0.25) is 4.68 Å². The fourth-order valence-electron chi connectivity index (χ4n) is 2.82. The molecule has 9 nitrogen and oxygen atoms in total. The summed E-state index contributed by atoms with van der Waals surface area (Å²) in [5, 5.41) is 4.15. The van der Waals surface area contributed by atoms with Crippen LogP contribution in [0.2, 0.25) is 0 Å². The normalized spacial score (nSPS) is 15.6. The summed E-state index contributed by atoms with van der Waals surface area (Å²) < 4.78 is 34.7. The Balaban J connectivity index is 1.74. The summed E-state index contributed by atoms with van der Waals surface area (Å²) in [6.45, 7) is 6.26. The third kappa shape index (κ3) is 3.80. The number of nitrogens with zero attached hydrogens (tertiary/aromatic N) is 5. The van der Waals surface area contributed by atoms with Crippen LogP contribution < -0.4 is 9.62 Å². The van der Waals surface area contributed by atoms with Gasteiger partial charge in [-0.2, -0.15) is 5.10 Å². The van der Waals surface area contributed by atoms with Gasteiger partial charge in [0.05, 0.1) is 31.1 Å². The molecule has 0 amide bonds. The summed E-state index contributed by atoms with van der Waals surface area (Å²) in [4.78, 5) is 10.9. The third-order valence-electron chi connectivity index (χ3n) is 4.16. The minimum Gasteiger partial charge on any atom is -0.378 e. The van der Waals surface area contributed by atoms with Crippen LogP contribution in [-0.2, 0) is 28.4 Å². The Morgan fingerprint density at radius 2 is 2.00 bits per heavy atom. The molecular weight excluding hydrogens is 344 g/mol. The van der Waals surface area contributed by atoms with Gasteiger partial charge in [-0.05, 0) is 19.9 Å².